The molecule has 2 aromatic heterocycles. The van der Waals surface area contributed by atoms with Crippen molar-refractivity contribution in [1.29, 1.82) is 0 Å². The molecule has 0 bridgehead atoms. The van der Waals surface area contributed by atoms with Gasteiger partial charge in [0.1, 0.15) is 5.01 Å². The van der Waals surface area contributed by atoms with Gasteiger partial charge in [0.25, 0.3) is 0 Å². The van der Waals surface area contributed by atoms with Gasteiger partial charge in [-0.2, -0.15) is 4.98 Å². The monoisotopic (exact) mass is 350 g/mol. The first-order valence-corrected chi connectivity index (χ1v) is 9.02. The van der Waals surface area contributed by atoms with Crippen molar-refractivity contribution in [2.45, 2.75) is 52.0 Å². The van der Waals surface area contributed by atoms with Gasteiger partial charge in [-0.25, -0.2) is 0 Å². The van der Waals surface area contributed by atoms with Gasteiger partial charge in [0.05, 0.1) is 12.6 Å². The van der Waals surface area contributed by atoms with Crippen LogP contribution in [0.5, 0.6) is 0 Å². The van der Waals surface area contributed by atoms with Gasteiger partial charge in [0, 0.05) is 5.92 Å². The molecule has 9 heteroatoms. The average Bonchev–Trinajstić information content (AvgIpc) is 3.17. The lowest BCUT2D eigenvalue weighted by atomic mass is 10.0. The van der Waals surface area contributed by atoms with Crippen LogP contribution in [-0.2, 0) is 4.79 Å². The zero-order valence-corrected chi connectivity index (χ0v) is 15.0. The molecule has 1 saturated heterocycles. The highest BCUT2D eigenvalue weighted by Crippen LogP contribution is 2.30. The van der Waals surface area contributed by atoms with Crippen LogP contribution in [0.25, 0.3) is 0 Å². The highest BCUT2D eigenvalue weighted by Gasteiger charge is 2.30. The van der Waals surface area contributed by atoms with E-state index in [0.29, 0.717) is 16.8 Å². The zero-order valence-electron chi connectivity index (χ0n) is 14.2. The Bertz CT molecular complexity index is 698. The minimum absolute atomic E-state index is 0.000607. The number of anilines is 1. The van der Waals surface area contributed by atoms with E-state index in [1.165, 1.54) is 11.3 Å². The van der Waals surface area contributed by atoms with Gasteiger partial charge >= 0.3 is 0 Å². The van der Waals surface area contributed by atoms with Gasteiger partial charge in [0.2, 0.25) is 16.9 Å². The smallest absolute Gasteiger partial charge is 0.244 e. The molecule has 1 atom stereocenters. The van der Waals surface area contributed by atoms with E-state index in [2.05, 4.69) is 30.6 Å². The van der Waals surface area contributed by atoms with Crippen LogP contribution in [0.3, 0.4) is 0 Å². The van der Waals surface area contributed by atoms with Crippen LogP contribution in [0.4, 0.5) is 5.13 Å². The molecule has 8 nitrogen and oxygen atoms in total. The Morgan fingerprint density at radius 2 is 2.25 bits per heavy atom. The van der Waals surface area contributed by atoms with E-state index in [1.807, 2.05) is 20.8 Å². The second-order valence-electron chi connectivity index (χ2n) is 6.30. The highest BCUT2D eigenvalue weighted by molar-refractivity contribution is 7.15. The minimum atomic E-state index is -0.0957. The number of amides is 1. The van der Waals surface area contributed by atoms with E-state index in [-0.39, 0.29) is 24.4 Å². The third kappa shape index (κ3) is 3.96. The summed E-state index contributed by atoms with van der Waals surface area (Å²) in [5.74, 6) is 1.45. The molecule has 1 fully saturated rings. The molecule has 3 rings (SSSR count). The fourth-order valence-electron chi connectivity index (χ4n) is 2.77. The molecule has 0 saturated carbocycles. The zero-order chi connectivity index (χ0) is 17.1. The Hall–Kier alpha value is -1.87. The first-order valence-electron chi connectivity index (χ1n) is 8.20. The molecule has 3 heterocycles. The van der Waals surface area contributed by atoms with E-state index >= 15 is 0 Å². The molecule has 2 aromatic rings. The van der Waals surface area contributed by atoms with Gasteiger partial charge in [0.15, 0.2) is 5.82 Å². The van der Waals surface area contributed by atoms with E-state index in [0.717, 1.165) is 30.8 Å². The first-order chi connectivity index (χ1) is 11.5. The molecular formula is C15H22N6O2S. The van der Waals surface area contributed by atoms with Crippen LogP contribution >= 0.6 is 11.3 Å². The number of nitrogens with one attached hydrogen (secondary N) is 1. The largest absolute Gasteiger partial charge is 0.338 e. The van der Waals surface area contributed by atoms with Crippen LogP contribution in [0.15, 0.2) is 4.52 Å². The first kappa shape index (κ1) is 17.0. The molecule has 0 radical (unpaired) electrons. The van der Waals surface area contributed by atoms with Crippen molar-refractivity contribution in [1.82, 2.24) is 25.2 Å². The van der Waals surface area contributed by atoms with Crippen molar-refractivity contribution < 1.29 is 9.32 Å². The molecular weight excluding hydrogens is 328 g/mol. The van der Waals surface area contributed by atoms with Gasteiger partial charge in [-0.3, -0.25) is 15.0 Å². The van der Waals surface area contributed by atoms with E-state index in [1.54, 1.807) is 0 Å². The maximum atomic E-state index is 12.3. The molecule has 130 valence electrons. The maximum Gasteiger partial charge on any atom is 0.244 e. The predicted octanol–water partition coefficient (Wildman–Crippen LogP) is 2.52. The molecule has 1 amide bonds. The number of rotatable bonds is 5. The number of carbonyl (C=O) groups is 1. The lowest BCUT2D eigenvalue weighted by Gasteiger charge is -2.32. The minimum Gasteiger partial charge on any atom is -0.338 e. The summed E-state index contributed by atoms with van der Waals surface area (Å²) in [6.45, 7) is 7.04. The van der Waals surface area contributed by atoms with Gasteiger partial charge in [-0.1, -0.05) is 36.8 Å². The fraction of sp³-hybridized carbons (Fsp3) is 0.667. The summed E-state index contributed by atoms with van der Waals surface area (Å²) in [5.41, 5.74) is 0. The number of likely N-dealkylation sites (tertiary alicyclic amines) is 1. The van der Waals surface area contributed by atoms with Crippen molar-refractivity contribution >= 4 is 22.4 Å². The lowest BCUT2D eigenvalue weighted by Crippen LogP contribution is -2.39. The lowest BCUT2D eigenvalue weighted by molar-refractivity contribution is -0.118. The topological polar surface area (TPSA) is 97.0 Å². The van der Waals surface area contributed by atoms with Crippen LogP contribution in [0.1, 0.15) is 61.8 Å². The van der Waals surface area contributed by atoms with Crippen molar-refractivity contribution in [3.05, 3.63) is 16.7 Å². The summed E-state index contributed by atoms with van der Waals surface area (Å²) in [6.07, 6.45) is 3.08. The van der Waals surface area contributed by atoms with Crippen molar-refractivity contribution in [3.8, 4) is 0 Å². The summed E-state index contributed by atoms with van der Waals surface area (Å²) in [6, 6.07) is 0.000607. The number of carbonyl (C=O) groups excluding carboxylic acids is 1. The summed E-state index contributed by atoms with van der Waals surface area (Å²) in [5, 5.41) is 16.0. The Kier molecular flexibility index (Phi) is 5.20. The van der Waals surface area contributed by atoms with Crippen molar-refractivity contribution in [3.63, 3.8) is 0 Å². The summed E-state index contributed by atoms with van der Waals surface area (Å²) in [7, 11) is 0. The van der Waals surface area contributed by atoms with E-state index in [4.69, 9.17) is 4.52 Å². The Morgan fingerprint density at radius 1 is 1.42 bits per heavy atom. The molecule has 1 aliphatic rings. The predicted molar refractivity (Wildman–Crippen MR) is 89.8 cm³/mol. The van der Waals surface area contributed by atoms with Crippen molar-refractivity contribution in [2.75, 3.05) is 18.4 Å². The third-order valence-corrected chi connectivity index (χ3v) is 4.75. The third-order valence-electron chi connectivity index (χ3n) is 3.99. The Balaban J connectivity index is 1.66. The van der Waals surface area contributed by atoms with E-state index < -0.39 is 0 Å². The normalized spacial score (nSPS) is 18.9. The van der Waals surface area contributed by atoms with Crippen LogP contribution < -0.4 is 5.32 Å². The molecule has 1 N–H and O–H groups in total. The second kappa shape index (κ2) is 7.35. The van der Waals surface area contributed by atoms with Gasteiger partial charge in [-0.05, 0) is 26.3 Å². The number of hydrogen-bond donors (Lipinski definition) is 1. The molecule has 0 aliphatic carbocycles. The molecule has 0 aromatic carbocycles. The molecule has 0 spiro atoms. The molecule has 1 aliphatic heterocycles. The summed E-state index contributed by atoms with van der Waals surface area (Å²) in [4.78, 5) is 18.9. The highest BCUT2D eigenvalue weighted by atomic mass is 32.1. The summed E-state index contributed by atoms with van der Waals surface area (Å²) < 4.78 is 5.44. The average molecular weight is 350 g/mol. The Morgan fingerprint density at radius 3 is 2.92 bits per heavy atom. The summed E-state index contributed by atoms with van der Waals surface area (Å²) >= 11 is 1.37. The molecule has 1 unspecified atom stereocenters. The van der Waals surface area contributed by atoms with E-state index in [9.17, 15) is 4.79 Å². The van der Waals surface area contributed by atoms with Crippen molar-refractivity contribution in [2.24, 2.45) is 0 Å². The van der Waals surface area contributed by atoms with Crippen LogP contribution in [0, 0.1) is 6.92 Å². The molecule has 24 heavy (non-hydrogen) atoms. The quantitative estimate of drug-likeness (QED) is 0.885. The number of hydrogen-bond acceptors (Lipinski definition) is 8. The van der Waals surface area contributed by atoms with Gasteiger partial charge in [-0.15, -0.1) is 10.2 Å². The number of aryl methyl sites for hydroxylation is 1. The number of piperidine rings is 1. The second-order valence-corrected chi connectivity index (χ2v) is 7.48. The van der Waals surface area contributed by atoms with Crippen LogP contribution in [0.2, 0.25) is 0 Å². The van der Waals surface area contributed by atoms with Gasteiger partial charge < -0.3 is 4.52 Å². The number of aromatic nitrogens is 4. The fourth-order valence-corrected chi connectivity index (χ4v) is 3.38. The maximum absolute atomic E-state index is 12.3. The van der Waals surface area contributed by atoms with Crippen LogP contribution in [-0.4, -0.2) is 44.2 Å². The SMILES string of the molecule is Cc1nnc(NC(=O)CN2CCCCC2c2nc(C(C)C)no2)s1. The Labute approximate surface area is 144 Å². The number of nitrogens with zero attached hydrogens (tertiary/aromatic N) is 5. The standard InChI is InChI=1S/C15H22N6O2S/c1-9(2)13-17-14(23-20-13)11-6-4-5-7-21(11)8-12(22)16-15-19-18-10(3)24-15/h9,11H,4-8H2,1-3H3,(H,16,19,22).